The molecule has 2 amide bonds. The summed E-state index contributed by atoms with van der Waals surface area (Å²) in [6, 6.07) is 9.37. The Morgan fingerprint density at radius 3 is 2.72 bits per heavy atom. The fourth-order valence-corrected chi connectivity index (χ4v) is 2.98. The molecule has 9 nitrogen and oxygen atoms in total. The highest BCUT2D eigenvalue weighted by molar-refractivity contribution is 7.13. The fraction of sp³-hybridized carbons (Fsp3) is 0.200. The first-order valence-electron chi connectivity index (χ1n) is 7.39. The van der Waals surface area contributed by atoms with Crippen LogP contribution in [0.1, 0.15) is 20.4 Å². The van der Waals surface area contributed by atoms with E-state index in [4.69, 9.17) is 5.73 Å². The second-order valence-electron chi connectivity index (χ2n) is 5.17. The summed E-state index contributed by atoms with van der Waals surface area (Å²) in [4.78, 5) is 29.0. The van der Waals surface area contributed by atoms with Crippen molar-refractivity contribution in [1.29, 1.82) is 0 Å². The van der Waals surface area contributed by atoms with Crippen LogP contribution in [0.2, 0.25) is 0 Å². The summed E-state index contributed by atoms with van der Waals surface area (Å²) in [6.07, 6.45) is 0. The minimum atomic E-state index is -0.521. The van der Waals surface area contributed by atoms with Gasteiger partial charge in [0.15, 0.2) is 0 Å². The first-order valence-corrected chi connectivity index (χ1v) is 8.20. The molecule has 0 saturated carbocycles. The molecule has 3 aromatic rings. The Hall–Kier alpha value is -3.14. The average molecular weight is 357 g/mol. The van der Waals surface area contributed by atoms with Crippen molar-refractivity contribution in [2.45, 2.75) is 20.0 Å². The van der Waals surface area contributed by atoms with Crippen molar-refractivity contribution in [3.8, 4) is 11.4 Å². The fourth-order valence-electron chi connectivity index (χ4n) is 2.13. The van der Waals surface area contributed by atoms with Crippen molar-refractivity contribution >= 4 is 23.2 Å². The molecule has 3 rings (SSSR count). The third kappa shape index (κ3) is 4.04. The first-order chi connectivity index (χ1) is 12.0. The number of carbonyl (C=O) groups is 2. The van der Waals surface area contributed by atoms with Gasteiger partial charge >= 0.3 is 0 Å². The highest BCUT2D eigenvalue weighted by Gasteiger charge is 2.13. The van der Waals surface area contributed by atoms with Crippen molar-refractivity contribution in [3.63, 3.8) is 0 Å². The van der Waals surface area contributed by atoms with Gasteiger partial charge in [-0.15, -0.1) is 21.5 Å². The maximum atomic E-state index is 12.0. The number of amides is 2. The van der Waals surface area contributed by atoms with Crippen molar-refractivity contribution < 1.29 is 9.59 Å². The van der Waals surface area contributed by atoms with E-state index in [9.17, 15) is 9.59 Å². The standard InChI is InChI=1S/C15H15N7O2S/c1-9-13(14(16)24)25-12(18-9)7-17-11(23)8-22-20-15(19-21-22)10-5-3-2-4-6-10/h2-6H,7-8H2,1H3,(H2,16,24)(H,17,23). The number of hydrogen-bond acceptors (Lipinski definition) is 7. The molecule has 128 valence electrons. The van der Waals surface area contributed by atoms with E-state index in [1.165, 1.54) is 16.1 Å². The number of nitrogens with zero attached hydrogens (tertiary/aromatic N) is 5. The second kappa shape index (κ2) is 7.18. The van der Waals surface area contributed by atoms with Gasteiger partial charge in [-0.25, -0.2) is 4.98 Å². The largest absolute Gasteiger partial charge is 0.365 e. The molecule has 0 aliphatic rings. The van der Waals surface area contributed by atoms with Crippen LogP contribution in [0.15, 0.2) is 30.3 Å². The maximum Gasteiger partial charge on any atom is 0.260 e. The molecular weight excluding hydrogens is 342 g/mol. The summed E-state index contributed by atoms with van der Waals surface area (Å²) in [6.45, 7) is 1.84. The van der Waals surface area contributed by atoms with E-state index in [2.05, 4.69) is 25.7 Å². The summed E-state index contributed by atoms with van der Waals surface area (Å²) < 4.78 is 0. The van der Waals surface area contributed by atoms with Crippen LogP contribution < -0.4 is 11.1 Å². The highest BCUT2D eigenvalue weighted by Crippen LogP contribution is 2.17. The SMILES string of the molecule is Cc1nc(CNC(=O)Cn2nnc(-c3ccccc3)n2)sc1C(N)=O. The number of nitrogens with two attached hydrogens (primary N) is 1. The van der Waals surface area contributed by atoms with Crippen molar-refractivity contribution in [3.05, 3.63) is 45.9 Å². The number of aryl methyl sites for hydroxylation is 1. The monoisotopic (exact) mass is 357 g/mol. The van der Waals surface area contributed by atoms with Gasteiger partial charge in [0, 0.05) is 5.56 Å². The molecule has 0 radical (unpaired) electrons. The van der Waals surface area contributed by atoms with Crippen LogP contribution in [-0.4, -0.2) is 37.0 Å². The lowest BCUT2D eigenvalue weighted by molar-refractivity contribution is -0.122. The van der Waals surface area contributed by atoms with E-state index < -0.39 is 5.91 Å². The lowest BCUT2D eigenvalue weighted by Gasteiger charge is -2.01. The van der Waals surface area contributed by atoms with Crippen molar-refractivity contribution in [2.24, 2.45) is 5.73 Å². The zero-order valence-electron chi connectivity index (χ0n) is 13.3. The van der Waals surface area contributed by atoms with E-state index in [1.807, 2.05) is 30.3 Å². The quantitative estimate of drug-likeness (QED) is 0.662. The Morgan fingerprint density at radius 1 is 1.28 bits per heavy atom. The van der Waals surface area contributed by atoms with Crippen LogP contribution in [0.5, 0.6) is 0 Å². The Morgan fingerprint density at radius 2 is 2.04 bits per heavy atom. The number of benzene rings is 1. The maximum absolute atomic E-state index is 12.0. The third-order valence-corrected chi connectivity index (χ3v) is 4.44. The number of hydrogen-bond donors (Lipinski definition) is 2. The zero-order chi connectivity index (χ0) is 17.8. The summed E-state index contributed by atoms with van der Waals surface area (Å²) in [5.41, 5.74) is 6.64. The zero-order valence-corrected chi connectivity index (χ0v) is 14.2. The number of aromatic nitrogens is 5. The highest BCUT2D eigenvalue weighted by atomic mass is 32.1. The molecule has 0 aliphatic heterocycles. The molecule has 3 N–H and O–H groups in total. The predicted molar refractivity (Wildman–Crippen MR) is 90.5 cm³/mol. The molecule has 0 aliphatic carbocycles. The second-order valence-corrected chi connectivity index (χ2v) is 6.26. The molecule has 2 heterocycles. The van der Waals surface area contributed by atoms with E-state index >= 15 is 0 Å². The summed E-state index contributed by atoms with van der Waals surface area (Å²) in [5, 5.41) is 15.3. The Bertz CT molecular complexity index is 904. The average Bonchev–Trinajstić information content (AvgIpc) is 3.20. The van der Waals surface area contributed by atoms with E-state index in [1.54, 1.807) is 6.92 Å². The topological polar surface area (TPSA) is 129 Å². The van der Waals surface area contributed by atoms with Crippen LogP contribution in [-0.2, 0) is 17.9 Å². The third-order valence-electron chi connectivity index (χ3n) is 3.27. The number of primary amides is 1. The summed E-state index contributed by atoms with van der Waals surface area (Å²) in [7, 11) is 0. The molecular formula is C15H15N7O2S. The summed E-state index contributed by atoms with van der Waals surface area (Å²) in [5.74, 6) is -0.353. The predicted octanol–water partition coefficient (Wildman–Crippen LogP) is 0.520. The summed E-state index contributed by atoms with van der Waals surface area (Å²) >= 11 is 1.17. The minimum absolute atomic E-state index is 0.0626. The van der Waals surface area contributed by atoms with Gasteiger partial charge in [-0.3, -0.25) is 9.59 Å². The number of thiazole rings is 1. The van der Waals surface area contributed by atoms with Gasteiger partial charge in [-0.2, -0.15) is 4.80 Å². The van der Waals surface area contributed by atoms with Crippen LogP contribution in [0.25, 0.3) is 11.4 Å². The van der Waals surface area contributed by atoms with Gasteiger partial charge in [0.25, 0.3) is 5.91 Å². The Balaban J connectivity index is 1.57. The van der Waals surface area contributed by atoms with Crippen LogP contribution >= 0.6 is 11.3 Å². The van der Waals surface area contributed by atoms with Gasteiger partial charge in [-0.1, -0.05) is 30.3 Å². The van der Waals surface area contributed by atoms with Gasteiger partial charge in [0.1, 0.15) is 16.4 Å². The van der Waals surface area contributed by atoms with Gasteiger partial charge in [-0.05, 0) is 12.1 Å². The molecule has 0 unspecified atom stereocenters. The molecule has 0 spiro atoms. The van der Waals surface area contributed by atoms with Crippen LogP contribution in [0, 0.1) is 6.92 Å². The van der Waals surface area contributed by atoms with Crippen LogP contribution in [0.3, 0.4) is 0 Å². The molecule has 0 saturated heterocycles. The normalized spacial score (nSPS) is 10.6. The van der Waals surface area contributed by atoms with Gasteiger partial charge in [0.2, 0.25) is 11.7 Å². The lowest BCUT2D eigenvalue weighted by Crippen LogP contribution is -2.28. The first kappa shape index (κ1) is 16.7. The number of rotatable bonds is 6. The number of tetrazole rings is 1. The smallest absolute Gasteiger partial charge is 0.260 e. The van der Waals surface area contributed by atoms with Gasteiger partial charge < -0.3 is 11.1 Å². The van der Waals surface area contributed by atoms with E-state index in [0.29, 0.717) is 21.4 Å². The molecule has 0 fully saturated rings. The molecule has 10 heteroatoms. The van der Waals surface area contributed by atoms with Crippen molar-refractivity contribution in [1.82, 2.24) is 30.5 Å². The molecule has 1 aromatic carbocycles. The van der Waals surface area contributed by atoms with Crippen LogP contribution in [0.4, 0.5) is 0 Å². The van der Waals surface area contributed by atoms with E-state index in [0.717, 1.165) is 5.56 Å². The molecule has 25 heavy (non-hydrogen) atoms. The molecule has 0 atom stereocenters. The Labute approximate surface area is 146 Å². The lowest BCUT2D eigenvalue weighted by atomic mass is 10.2. The number of carbonyl (C=O) groups excluding carboxylic acids is 2. The minimum Gasteiger partial charge on any atom is -0.365 e. The number of nitrogens with one attached hydrogen (secondary N) is 1. The molecule has 0 bridgehead atoms. The van der Waals surface area contributed by atoms with Gasteiger partial charge in [0.05, 0.1) is 12.2 Å². The van der Waals surface area contributed by atoms with Crippen molar-refractivity contribution in [2.75, 3.05) is 0 Å². The Kier molecular flexibility index (Phi) is 4.80. The van der Waals surface area contributed by atoms with E-state index in [-0.39, 0.29) is 19.0 Å². The molecule has 2 aromatic heterocycles.